The zero-order valence-electron chi connectivity index (χ0n) is 19.6. The van der Waals surface area contributed by atoms with E-state index < -0.39 is 5.82 Å². The van der Waals surface area contributed by atoms with E-state index in [0.717, 1.165) is 30.9 Å². The fraction of sp³-hybridized carbons (Fsp3) is 0.179. The Bertz CT molecular complexity index is 1330. The minimum Gasteiger partial charge on any atom is -0.458 e. The molecule has 0 bridgehead atoms. The van der Waals surface area contributed by atoms with Crippen LogP contribution in [-0.2, 0) is 11.3 Å². The van der Waals surface area contributed by atoms with Crippen molar-refractivity contribution in [3.05, 3.63) is 95.7 Å². The van der Waals surface area contributed by atoms with Gasteiger partial charge < -0.3 is 20.1 Å². The van der Waals surface area contributed by atoms with E-state index in [4.69, 9.17) is 9.47 Å². The van der Waals surface area contributed by atoms with Crippen LogP contribution in [0.2, 0.25) is 0 Å². The molecule has 0 aliphatic carbocycles. The van der Waals surface area contributed by atoms with Crippen LogP contribution in [0, 0.1) is 5.82 Å². The van der Waals surface area contributed by atoms with Gasteiger partial charge in [0, 0.05) is 23.4 Å². The number of benzene rings is 3. The molecular weight excluding hydrogens is 445 g/mol. The van der Waals surface area contributed by atoms with E-state index in [2.05, 4.69) is 41.5 Å². The molecule has 2 heterocycles. The molecule has 2 aliphatic rings. The van der Waals surface area contributed by atoms with Crippen LogP contribution in [0.3, 0.4) is 0 Å². The fourth-order valence-corrected chi connectivity index (χ4v) is 4.27. The maximum atomic E-state index is 13.8. The average molecular weight is 472 g/mol. The number of fused-ring (bicyclic) bond motifs is 2. The summed E-state index contributed by atoms with van der Waals surface area (Å²) in [6.07, 6.45) is 2.93. The van der Waals surface area contributed by atoms with Crippen molar-refractivity contribution in [1.29, 1.82) is 0 Å². The van der Waals surface area contributed by atoms with E-state index in [-0.39, 0.29) is 5.91 Å². The number of amides is 1. The highest BCUT2D eigenvalue weighted by Gasteiger charge is 2.29. The second kappa shape index (κ2) is 9.64. The Morgan fingerprint density at radius 2 is 1.69 bits per heavy atom. The molecule has 3 aromatic carbocycles. The number of ether oxygens (including phenoxy) is 2. The summed E-state index contributed by atoms with van der Waals surface area (Å²) in [7, 11) is 0. The Morgan fingerprint density at radius 3 is 2.43 bits per heavy atom. The molecule has 0 fully saturated rings. The van der Waals surface area contributed by atoms with Crippen LogP contribution in [0.4, 0.5) is 15.8 Å². The first-order valence-electron chi connectivity index (χ1n) is 11.6. The Balaban J connectivity index is 1.56. The molecule has 6 nitrogen and oxygen atoms in total. The van der Waals surface area contributed by atoms with Gasteiger partial charge in [-0.1, -0.05) is 26.0 Å². The third kappa shape index (κ3) is 4.63. The molecule has 0 aromatic heterocycles. The molecule has 0 radical (unpaired) electrons. The average Bonchev–Trinajstić information content (AvgIpc) is 3.20. The predicted molar refractivity (Wildman–Crippen MR) is 135 cm³/mol. The van der Waals surface area contributed by atoms with Gasteiger partial charge in [0.05, 0.1) is 17.0 Å². The van der Waals surface area contributed by atoms with Crippen molar-refractivity contribution in [3.8, 4) is 11.5 Å². The number of hydrogen-bond acceptors (Lipinski definition) is 5. The molecule has 35 heavy (non-hydrogen) atoms. The normalized spacial score (nSPS) is 15.1. The summed E-state index contributed by atoms with van der Waals surface area (Å²) in [4.78, 5) is 15.4. The topological polar surface area (TPSA) is 62.8 Å². The van der Waals surface area contributed by atoms with Gasteiger partial charge in [-0.25, -0.2) is 4.39 Å². The van der Waals surface area contributed by atoms with Crippen molar-refractivity contribution in [2.24, 2.45) is 0 Å². The largest absolute Gasteiger partial charge is 0.458 e. The lowest BCUT2D eigenvalue weighted by molar-refractivity contribution is -0.110. The summed E-state index contributed by atoms with van der Waals surface area (Å²) >= 11 is 0. The SMILES string of the molecule is CCN(CC)Cc1ccc(N/C(=C2\C(=O)Nc3cc(F)ccc32)c2ccc3c(c2)OC=CO3)cc1. The van der Waals surface area contributed by atoms with Crippen molar-refractivity contribution in [1.82, 2.24) is 4.90 Å². The predicted octanol–water partition coefficient (Wildman–Crippen LogP) is 5.84. The van der Waals surface area contributed by atoms with Crippen LogP contribution in [0.15, 0.2) is 73.2 Å². The number of carbonyl (C=O) groups is 1. The van der Waals surface area contributed by atoms with E-state index in [1.807, 2.05) is 24.3 Å². The lowest BCUT2D eigenvalue weighted by atomic mass is 9.99. The smallest absolute Gasteiger partial charge is 0.258 e. The minimum atomic E-state index is -0.408. The monoisotopic (exact) mass is 471 g/mol. The summed E-state index contributed by atoms with van der Waals surface area (Å²) in [6, 6.07) is 17.9. The van der Waals surface area contributed by atoms with Crippen LogP contribution in [0.5, 0.6) is 11.5 Å². The molecule has 0 unspecified atom stereocenters. The molecule has 7 heteroatoms. The van der Waals surface area contributed by atoms with E-state index in [0.29, 0.717) is 34.0 Å². The number of hydrogen-bond donors (Lipinski definition) is 2. The zero-order chi connectivity index (χ0) is 24.4. The van der Waals surface area contributed by atoms with Gasteiger partial charge in [-0.15, -0.1) is 0 Å². The second-order valence-electron chi connectivity index (χ2n) is 8.35. The molecule has 0 saturated heterocycles. The summed E-state index contributed by atoms with van der Waals surface area (Å²) < 4.78 is 24.9. The van der Waals surface area contributed by atoms with Crippen LogP contribution >= 0.6 is 0 Å². The number of halogens is 1. The van der Waals surface area contributed by atoms with Crippen molar-refractivity contribution < 1.29 is 18.7 Å². The van der Waals surface area contributed by atoms with Crippen LogP contribution in [-0.4, -0.2) is 23.9 Å². The summed E-state index contributed by atoms with van der Waals surface area (Å²) in [5.41, 5.74) is 4.86. The van der Waals surface area contributed by atoms with E-state index >= 15 is 0 Å². The van der Waals surface area contributed by atoms with Gasteiger partial charge in [-0.2, -0.15) is 0 Å². The molecule has 0 saturated carbocycles. The van der Waals surface area contributed by atoms with Crippen LogP contribution < -0.4 is 20.1 Å². The summed E-state index contributed by atoms with van der Waals surface area (Å²) in [5, 5.41) is 6.22. The Labute approximate surface area is 203 Å². The van der Waals surface area contributed by atoms with Gasteiger partial charge in [0.25, 0.3) is 5.91 Å². The fourth-order valence-electron chi connectivity index (χ4n) is 4.27. The van der Waals surface area contributed by atoms with Crippen molar-refractivity contribution in [2.75, 3.05) is 23.7 Å². The molecular formula is C28H26FN3O3. The minimum absolute atomic E-state index is 0.305. The number of carbonyl (C=O) groups excluding carboxylic acids is 1. The maximum absolute atomic E-state index is 13.8. The van der Waals surface area contributed by atoms with Gasteiger partial charge in [-0.3, -0.25) is 9.69 Å². The molecule has 2 N–H and O–H groups in total. The molecule has 178 valence electrons. The first-order chi connectivity index (χ1) is 17.1. The summed E-state index contributed by atoms with van der Waals surface area (Å²) in [6.45, 7) is 7.15. The Kier molecular flexibility index (Phi) is 6.25. The highest BCUT2D eigenvalue weighted by atomic mass is 19.1. The number of nitrogens with one attached hydrogen (secondary N) is 2. The summed E-state index contributed by atoms with van der Waals surface area (Å²) in [5.74, 6) is 0.410. The second-order valence-corrected chi connectivity index (χ2v) is 8.35. The highest BCUT2D eigenvalue weighted by molar-refractivity contribution is 6.37. The zero-order valence-corrected chi connectivity index (χ0v) is 19.6. The van der Waals surface area contributed by atoms with Gasteiger partial charge >= 0.3 is 0 Å². The maximum Gasteiger partial charge on any atom is 0.258 e. The first kappa shape index (κ1) is 22.7. The number of nitrogens with zero attached hydrogens (tertiary/aromatic N) is 1. The molecule has 0 spiro atoms. The molecule has 5 rings (SSSR count). The van der Waals surface area contributed by atoms with Gasteiger partial charge in [0.2, 0.25) is 0 Å². The van der Waals surface area contributed by atoms with E-state index in [9.17, 15) is 9.18 Å². The van der Waals surface area contributed by atoms with E-state index in [1.54, 1.807) is 12.1 Å². The quantitative estimate of drug-likeness (QED) is 0.424. The Hall–Kier alpha value is -4.10. The third-order valence-electron chi connectivity index (χ3n) is 6.18. The van der Waals surface area contributed by atoms with Gasteiger partial charge in [0.1, 0.15) is 18.3 Å². The van der Waals surface area contributed by atoms with Crippen molar-refractivity contribution >= 4 is 28.6 Å². The molecule has 0 atom stereocenters. The van der Waals surface area contributed by atoms with Crippen molar-refractivity contribution in [2.45, 2.75) is 20.4 Å². The van der Waals surface area contributed by atoms with E-state index in [1.165, 1.54) is 30.2 Å². The first-order valence-corrected chi connectivity index (χ1v) is 11.6. The highest BCUT2D eigenvalue weighted by Crippen LogP contribution is 2.40. The van der Waals surface area contributed by atoms with Gasteiger partial charge in [0.15, 0.2) is 11.5 Å². The lowest BCUT2D eigenvalue weighted by Crippen LogP contribution is -2.22. The molecule has 3 aromatic rings. The van der Waals surface area contributed by atoms with Crippen LogP contribution in [0.25, 0.3) is 11.3 Å². The van der Waals surface area contributed by atoms with Crippen LogP contribution in [0.1, 0.15) is 30.5 Å². The molecule has 2 aliphatic heterocycles. The Morgan fingerprint density at radius 1 is 0.943 bits per heavy atom. The van der Waals surface area contributed by atoms with Crippen molar-refractivity contribution in [3.63, 3.8) is 0 Å². The lowest BCUT2D eigenvalue weighted by Gasteiger charge is -2.19. The van der Waals surface area contributed by atoms with Gasteiger partial charge in [-0.05, 0) is 67.2 Å². The number of rotatable bonds is 7. The standard InChI is InChI=1S/C28H26FN3O3/c1-3-32(4-2)17-18-5-9-21(10-6-18)30-27(19-7-12-24-25(15-19)35-14-13-34-24)26-22-11-8-20(29)16-23(22)31-28(26)33/h5-16,30H,3-4,17H2,1-2H3,(H,31,33)/b27-26-. The third-order valence-corrected chi connectivity index (χ3v) is 6.18. The number of anilines is 2. The molecule has 1 amide bonds.